The lowest BCUT2D eigenvalue weighted by molar-refractivity contribution is -0.123. The molecule has 8 heteroatoms. The third-order valence-electron chi connectivity index (χ3n) is 6.00. The summed E-state index contributed by atoms with van der Waals surface area (Å²) in [5.41, 5.74) is 1.53. The smallest absolute Gasteiger partial charge is 0.289 e. The van der Waals surface area contributed by atoms with Crippen molar-refractivity contribution < 1.29 is 18.4 Å². The molecule has 0 radical (unpaired) electrons. The minimum atomic E-state index is -0.330. The minimum Gasteiger partial charge on any atom is -0.451 e. The van der Waals surface area contributed by atoms with Gasteiger partial charge in [0.05, 0.1) is 12.6 Å². The summed E-state index contributed by atoms with van der Waals surface area (Å²) in [4.78, 5) is 30.5. The van der Waals surface area contributed by atoms with E-state index in [2.05, 4.69) is 5.32 Å². The number of hydrogen-bond acceptors (Lipinski definition) is 5. The van der Waals surface area contributed by atoms with Crippen LogP contribution in [0.25, 0.3) is 11.0 Å². The van der Waals surface area contributed by atoms with Gasteiger partial charge in [-0.1, -0.05) is 36.4 Å². The molecule has 1 unspecified atom stereocenters. The van der Waals surface area contributed by atoms with Crippen LogP contribution in [0.1, 0.15) is 27.0 Å². The van der Waals surface area contributed by atoms with E-state index in [9.17, 15) is 14.0 Å². The number of hydrogen-bond donors (Lipinski definition) is 1. The van der Waals surface area contributed by atoms with Crippen molar-refractivity contribution in [3.8, 4) is 0 Å². The molecule has 1 fully saturated rings. The summed E-state index contributed by atoms with van der Waals surface area (Å²) in [6.45, 7) is 2.47. The van der Waals surface area contributed by atoms with E-state index in [-0.39, 0.29) is 30.2 Å². The lowest BCUT2D eigenvalue weighted by Gasteiger charge is -2.34. The lowest BCUT2D eigenvalue weighted by atomic mass is 10.1. The van der Waals surface area contributed by atoms with Gasteiger partial charge in [0.2, 0.25) is 5.91 Å². The van der Waals surface area contributed by atoms with Gasteiger partial charge in [0.25, 0.3) is 5.91 Å². The zero-order valence-electron chi connectivity index (χ0n) is 18.4. The number of para-hydroxylation sites is 1. The molecular formula is C26H24FN3O3S. The molecular weight excluding hydrogens is 453 g/mol. The Balaban J connectivity index is 1.18. The Kier molecular flexibility index (Phi) is 6.42. The van der Waals surface area contributed by atoms with Gasteiger partial charge in [-0.15, -0.1) is 11.3 Å². The summed E-state index contributed by atoms with van der Waals surface area (Å²) in [6.07, 6.45) is 0. The van der Waals surface area contributed by atoms with Crippen LogP contribution in [0.2, 0.25) is 0 Å². The second-order valence-corrected chi connectivity index (χ2v) is 9.26. The Hall–Kier alpha value is -3.49. The molecule has 4 aromatic rings. The van der Waals surface area contributed by atoms with Crippen LogP contribution in [0.3, 0.4) is 0 Å². The first kappa shape index (κ1) is 22.3. The molecule has 2 aromatic carbocycles. The highest BCUT2D eigenvalue weighted by Gasteiger charge is 2.26. The fraction of sp³-hybridized carbons (Fsp3) is 0.231. The topological polar surface area (TPSA) is 65.8 Å². The second-order valence-electron chi connectivity index (χ2n) is 8.28. The van der Waals surface area contributed by atoms with E-state index in [1.807, 2.05) is 46.7 Å². The first-order valence-corrected chi connectivity index (χ1v) is 12.0. The SMILES string of the molecule is O=C(CN1CCN(C(=O)c2cc3ccccc3o2)CC1)NC(c1ccc(F)cc1)c1cccs1. The third kappa shape index (κ3) is 4.88. The Labute approximate surface area is 200 Å². The van der Waals surface area contributed by atoms with Crippen molar-refractivity contribution >= 4 is 34.1 Å². The first-order chi connectivity index (χ1) is 16.6. The van der Waals surface area contributed by atoms with Gasteiger partial charge in [-0.25, -0.2) is 4.39 Å². The van der Waals surface area contributed by atoms with Gasteiger partial charge in [-0.05, 0) is 41.3 Å². The van der Waals surface area contributed by atoms with Gasteiger partial charge < -0.3 is 14.6 Å². The van der Waals surface area contributed by atoms with Crippen LogP contribution in [0.15, 0.2) is 76.5 Å². The normalized spacial score (nSPS) is 15.4. The van der Waals surface area contributed by atoms with Crippen molar-refractivity contribution in [1.29, 1.82) is 0 Å². The van der Waals surface area contributed by atoms with Crippen molar-refractivity contribution in [3.05, 3.63) is 94.1 Å². The number of amides is 2. The average molecular weight is 478 g/mol. The third-order valence-corrected chi connectivity index (χ3v) is 6.94. The van der Waals surface area contributed by atoms with Crippen LogP contribution < -0.4 is 5.32 Å². The van der Waals surface area contributed by atoms with Crippen LogP contribution in [-0.4, -0.2) is 54.3 Å². The number of thiophene rings is 1. The summed E-state index contributed by atoms with van der Waals surface area (Å²) in [5.74, 6) is -0.213. The standard InChI is InChI=1S/C26H24FN3O3S/c27-20-9-7-18(8-10-20)25(23-6-3-15-34-23)28-24(31)17-29-11-13-30(14-12-29)26(32)22-16-19-4-1-2-5-21(19)33-22/h1-10,15-16,25H,11-14,17H2,(H,28,31). The number of rotatable bonds is 6. The maximum Gasteiger partial charge on any atom is 0.289 e. The Morgan fingerprint density at radius 3 is 2.47 bits per heavy atom. The van der Waals surface area contributed by atoms with Crippen molar-refractivity contribution in [3.63, 3.8) is 0 Å². The number of nitrogens with zero attached hydrogens (tertiary/aromatic N) is 2. The Morgan fingerprint density at radius 1 is 1.00 bits per heavy atom. The van der Waals surface area contributed by atoms with Gasteiger partial charge in [0, 0.05) is 36.4 Å². The van der Waals surface area contributed by atoms with E-state index in [1.54, 1.807) is 34.4 Å². The molecule has 5 rings (SSSR count). The van der Waals surface area contributed by atoms with Gasteiger partial charge >= 0.3 is 0 Å². The van der Waals surface area contributed by atoms with E-state index in [4.69, 9.17) is 4.42 Å². The molecule has 1 aliphatic rings. The zero-order valence-corrected chi connectivity index (χ0v) is 19.3. The van der Waals surface area contributed by atoms with E-state index >= 15 is 0 Å². The van der Waals surface area contributed by atoms with E-state index < -0.39 is 0 Å². The van der Waals surface area contributed by atoms with Crippen LogP contribution in [-0.2, 0) is 4.79 Å². The monoisotopic (exact) mass is 477 g/mol. The van der Waals surface area contributed by atoms with Gasteiger partial charge in [-0.3, -0.25) is 14.5 Å². The highest BCUT2D eigenvalue weighted by Crippen LogP contribution is 2.26. The first-order valence-electron chi connectivity index (χ1n) is 11.2. The fourth-order valence-electron chi connectivity index (χ4n) is 4.19. The summed E-state index contributed by atoms with van der Waals surface area (Å²) < 4.78 is 19.1. The zero-order chi connectivity index (χ0) is 23.5. The number of nitrogens with one attached hydrogen (secondary N) is 1. The number of carbonyl (C=O) groups excluding carboxylic acids is 2. The van der Waals surface area contributed by atoms with Crippen molar-refractivity contribution in [1.82, 2.24) is 15.1 Å². The highest BCUT2D eigenvalue weighted by molar-refractivity contribution is 7.10. The van der Waals surface area contributed by atoms with Crippen molar-refractivity contribution in [2.75, 3.05) is 32.7 Å². The summed E-state index contributed by atoms with van der Waals surface area (Å²) >= 11 is 1.55. The molecule has 2 aromatic heterocycles. The average Bonchev–Trinajstić information content (AvgIpc) is 3.53. The molecule has 174 valence electrons. The number of halogens is 1. The number of piperazine rings is 1. The number of benzene rings is 2. The van der Waals surface area contributed by atoms with Gasteiger partial charge in [0.15, 0.2) is 5.76 Å². The van der Waals surface area contributed by atoms with Crippen LogP contribution >= 0.6 is 11.3 Å². The molecule has 0 saturated carbocycles. The molecule has 0 bridgehead atoms. The van der Waals surface area contributed by atoms with Gasteiger partial charge in [-0.2, -0.15) is 0 Å². The minimum absolute atomic E-state index is 0.111. The summed E-state index contributed by atoms with van der Waals surface area (Å²) in [6, 6.07) is 19.1. The molecule has 3 heterocycles. The van der Waals surface area contributed by atoms with E-state index in [0.717, 1.165) is 15.8 Å². The summed E-state index contributed by atoms with van der Waals surface area (Å²) in [5, 5.41) is 5.95. The second kappa shape index (κ2) is 9.79. The molecule has 0 aliphatic carbocycles. The predicted molar refractivity (Wildman–Crippen MR) is 129 cm³/mol. The van der Waals surface area contributed by atoms with Crippen LogP contribution in [0, 0.1) is 5.82 Å². The quantitative estimate of drug-likeness (QED) is 0.450. The Morgan fingerprint density at radius 2 is 1.76 bits per heavy atom. The maximum absolute atomic E-state index is 13.4. The molecule has 2 amide bonds. The molecule has 34 heavy (non-hydrogen) atoms. The number of fused-ring (bicyclic) bond motifs is 1. The molecule has 0 spiro atoms. The molecule has 1 atom stereocenters. The van der Waals surface area contributed by atoms with Crippen molar-refractivity contribution in [2.45, 2.75) is 6.04 Å². The lowest BCUT2D eigenvalue weighted by Crippen LogP contribution is -2.51. The molecule has 6 nitrogen and oxygen atoms in total. The molecule has 1 saturated heterocycles. The Bertz CT molecular complexity index is 1250. The van der Waals surface area contributed by atoms with Gasteiger partial charge in [0.1, 0.15) is 11.4 Å². The number of carbonyl (C=O) groups is 2. The maximum atomic E-state index is 13.4. The fourth-order valence-corrected chi connectivity index (χ4v) is 4.99. The van der Waals surface area contributed by atoms with E-state index in [1.165, 1.54) is 12.1 Å². The van der Waals surface area contributed by atoms with Crippen LogP contribution in [0.5, 0.6) is 0 Å². The molecule has 1 N–H and O–H groups in total. The number of furan rings is 1. The predicted octanol–water partition coefficient (Wildman–Crippen LogP) is 4.30. The van der Waals surface area contributed by atoms with Crippen molar-refractivity contribution in [2.24, 2.45) is 0 Å². The molecule has 1 aliphatic heterocycles. The van der Waals surface area contributed by atoms with Crippen LogP contribution in [0.4, 0.5) is 4.39 Å². The largest absolute Gasteiger partial charge is 0.451 e. The summed E-state index contributed by atoms with van der Waals surface area (Å²) in [7, 11) is 0. The van der Waals surface area contributed by atoms with E-state index in [0.29, 0.717) is 37.5 Å². The highest BCUT2D eigenvalue weighted by atomic mass is 32.1.